The Morgan fingerprint density at radius 3 is 2.67 bits per heavy atom. The van der Waals surface area contributed by atoms with Gasteiger partial charge in [0.2, 0.25) is 0 Å². The van der Waals surface area contributed by atoms with Gasteiger partial charge in [-0.1, -0.05) is 32.4 Å². The normalized spacial score (nSPS) is 26.9. The van der Waals surface area contributed by atoms with Crippen molar-refractivity contribution in [3.05, 3.63) is 23.2 Å². The van der Waals surface area contributed by atoms with E-state index in [9.17, 15) is 0 Å². The standard InChI is InChI=1S/C15H22ClNO/c1-10-6-12(9-15(2,3)8-10)18-14-5-4-11(16)7-13(14)17/h4-5,7,10,12H,6,8-9,17H2,1-3H3. The van der Waals surface area contributed by atoms with Gasteiger partial charge in [-0.15, -0.1) is 0 Å². The maximum Gasteiger partial charge on any atom is 0.142 e. The second-order valence-electron chi connectivity index (χ2n) is 6.34. The molecule has 1 saturated carbocycles. The van der Waals surface area contributed by atoms with Gasteiger partial charge < -0.3 is 10.5 Å². The Labute approximate surface area is 114 Å². The Hall–Kier alpha value is -0.890. The molecule has 0 aromatic heterocycles. The number of nitrogens with two attached hydrogens (primary N) is 1. The molecule has 3 heteroatoms. The first-order valence-electron chi connectivity index (χ1n) is 6.57. The molecule has 0 radical (unpaired) electrons. The Kier molecular flexibility index (Phi) is 3.76. The van der Waals surface area contributed by atoms with E-state index in [-0.39, 0.29) is 6.10 Å². The SMILES string of the molecule is CC1CC(Oc2ccc(Cl)cc2N)CC(C)(C)C1. The van der Waals surface area contributed by atoms with Crippen LogP contribution in [0.4, 0.5) is 5.69 Å². The Balaban J connectivity index is 2.09. The van der Waals surface area contributed by atoms with Gasteiger partial charge in [-0.05, 0) is 48.8 Å². The summed E-state index contributed by atoms with van der Waals surface area (Å²) in [4.78, 5) is 0. The number of ether oxygens (including phenoxy) is 1. The molecule has 1 aliphatic rings. The molecule has 0 amide bonds. The van der Waals surface area contributed by atoms with Gasteiger partial charge in [0, 0.05) is 5.02 Å². The van der Waals surface area contributed by atoms with Gasteiger partial charge in [-0.25, -0.2) is 0 Å². The number of anilines is 1. The Bertz CT molecular complexity index is 431. The van der Waals surface area contributed by atoms with Gasteiger partial charge in [0.25, 0.3) is 0 Å². The quantitative estimate of drug-likeness (QED) is 0.800. The van der Waals surface area contributed by atoms with Gasteiger partial charge in [0.15, 0.2) is 0 Å². The molecule has 1 aliphatic carbocycles. The van der Waals surface area contributed by atoms with Crippen LogP contribution in [0, 0.1) is 11.3 Å². The summed E-state index contributed by atoms with van der Waals surface area (Å²) in [6.45, 7) is 6.91. The molecule has 2 rings (SSSR count). The van der Waals surface area contributed by atoms with Crippen molar-refractivity contribution in [3.8, 4) is 5.75 Å². The summed E-state index contributed by atoms with van der Waals surface area (Å²) in [6.07, 6.45) is 3.71. The predicted molar refractivity (Wildman–Crippen MR) is 77.1 cm³/mol. The maximum atomic E-state index is 6.06. The van der Waals surface area contributed by atoms with Crippen molar-refractivity contribution in [1.82, 2.24) is 0 Å². The van der Waals surface area contributed by atoms with Gasteiger partial charge in [-0.2, -0.15) is 0 Å². The van der Waals surface area contributed by atoms with Gasteiger partial charge in [0.1, 0.15) is 5.75 Å². The molecule has 0 heterocycles. The lowest BCUT2D eigenvalue weighted by molar-refractivity contribution is 0.0567. The first kappa shape index (κ1) is 13.5. The highest BCUT2D eigenvalue weighted by molar-refractivity contribution is 6.30. The first-order chi connectivity index (χ1) is 8.35. The number of benzene rings is 1. The average Bonchev–Trinajstić information content (AvgIpc) is 2.19. The maximum absolute atomic E-state index is 6.06. The van der Waals surface area contributed by atoms with Crippen molar-refractivity contribution in [2.45, 2.75) is 46.1 Å². The molecule has 18 heavy (non-hydrogen) atoms. The molecule has 0 aliphatic heterocycles. The third kappa shape index (κ3) is 3.32. The van der Waals surface area contributed by atoms with E-state index in [4.69, 9.17) is 22.1 Å². The molecule has 2 N–H and O–H groups in total. The third-order valence-corrected chi connectivity index (χ3v) is 3.85. The van der Waals surface area contributed by atoms with E-state index in [1.165, 1.54) is 6.42 Å². The lowest BCUT2D eigenvalue weighted by Gasteiger charge is -2.39. The van der Waals surface area contributed by atoms with Crippen LogP contribution in [-0.2, 0) is 0 Å². The van der Waals surface area contributed by atoms with Gasteiger partial charge >= 0.3 is 0 Å². The molecular weight excluding hydrogens is 246 g/mol. The Morgan fingerprint density at radius 1 is 1.33 bits per heavy atom. The van der Waals surface area contributed by atoms with E-state index >= 15 is 0 Å². The monoisotopic (exact) mass is 267 g/mol. The number of hydrogen-bond donors (Lipinski definition) is 1. The molecule has 1 fully saturated rings. The highest BCUT2D eigenvalue weighted by Crippen LogP contribution is 2.40. The smallest absolute Gasteiger partial charge is 0.142 e. The topological polar surface area (TPSA) is 35.2 Å². The lowest BCUT2D eigenvalue weighted by Crippen LogP contribution is -2.34. The molecule has 2 unspecified atom stereocenters. The van der Waals surface area contributed by atoms with Crippen LogP contribution in [0.25, 0.3) is 0 Å². The molecule has 0 bridgehead atoms. The second kappa shape index (κ2) is 5.00. The zero-order valence-corrected chi connectivity index (χ0v) is 12.1. The van der Waals surface area contributed by atoms with Crippen LogP contribution in [0.3, 0.4) is 0 Å². The Morgan fingerprint density at radius 2 is 2.06 bits per heavy atom. The van der Waals surface area contributed by atoms with E-state index in [1.807, 2.05) is 12.1 Å². The van der Waals surface area contributed by atoms with Crippen LogP contribution in [0.5, 0.6) is 5.75 Å². The highest BCUT2D eigenvalue weighted by Gasteiger charge is 2.33. The van der Waals surface area contributed by atoms with E-state index in [2.05, 4.69) is 20.8 Å². The summed E-state index contributed by atoms with van der Waals surface area (Å²) in [6, 6.07) is 5.43. The summed E-state index contributed by atoms with van der Waals surface area (Å²) in [5.74, 6) is 1.46. The zero-order chi connectivity index (χ0) is 13.3. The number of nitrogen functional groups attached to an aromatic ring is 1. The number of halogens is 1. The van der Waals surface area contributed by atoms with Gasteiger partial charge in [0.05, 0.1) is 11.8 Å². The van der Waals surface area contributed by atoms with Crippen molar-refractivity contribution >= 4 is 17.3 Å². The molecule has 1 aromatic carbocycles. The summed E-state index contributed by atoms with van der Waals surface area (Å²) in [5, 5.41) is 0.650. The van der Waals surface area contributed by atoms with Crippen molar-refractivity contribution in [3.63, 3.8) is 0 Å². The molecular formula is C15H22ClNO. The van der Waals surface area contributed by atoms with Crippen LogP contribution in [0.15, 0.2) is 18.2 Å². The minimum atomic E-state index is 0.257. The zero-order valence-electron chi connectivity index (χ0n) is 11.4. The molecule has 100 valence electrons. The summed E-state index contributed by atoms with van der Waals surface area (Å²) < 4.78 is 6.06. The van der Waals surface area contributed by atoms with Gasteiger partial charge in [-0.3, -0.25) is 0 Å². The summed E-state index contributed by atoms with van der Waals surface area (Å²) in [7, 11) is 0. The van der Waals surface area contributed by atoms with E-state index < -0.39 is 0 Å². The third-order valence-electron chi connectivity index (χ3n) is 3.61. The van der Waals surface area contributed by atoms with E-state index in [0.717, 1.165) is 18.6 Å². The largest absolute Gasteiger partial charge is 0.488 e. The van der Waals surface area contributed by atoms with Crippen LogP contribution in [0.2, 0.25) is 5.02 Å². The predicted octanol–water partition coefficient (Wildman–Crippen LogP) is 4.52. The first-order valence-corrected chi connectivity index (χ1v) is 6.95. The lowest BCUT2D eigenvalue weighted by atomic mass is 9.71. The van der Waals surface area contributed by atoms with Crippen LogP contribution >= 0.6 is 11.6 Å². The van der Waals surface area contributed by atoms with Crippen LogP contribution in [0.1, 0.15) is 40.0 Å². The fraction of sp³-hybridized carbons (Fsp3) is 0.600. The van der Waals surface area contributed by atoms with Crippen LogP contribution in [-0.4, -0.2) is 6.10 Å². The molecule has 2 atom stereocenters. The summed E-state index contributed by atoms with van der Waals surface area (Å²) >= 11 is 5.89. The minimum Gasteiger partial charge on any atom is -0.488 e. The van der Waals surface area contributed by atoms with Crippen molar-refractivity contribution < 1.29 is 4.74 Å². The van der Waals surface area contributed by atoms with Crippen molar-refractivity contribution in [1.29, 1.82) is 0 Å². The highest BCUT2D eigenvalue weighted by atomic mass is 35.5. The fourth-order valence-corrected chi connectivity index (χ4v) is 3.33. The van der Waals surface area contributed by atoms with Crippen molar-refractivity contribution in [2.24, 2.45) is 11.3 Å². The minimum absolute atomic E-state index is 0.257. The number of rotatable bonds is 2. The number of hydrogen-bond acceptors (Lipinski definition) is 2. The fourth-order valence-electron chi connectivity index (χ4n) is 3.15. The van der Waals surface area contributed by atoms with E-state index in [1.54, 1.807) is 6.07 Å². The second-order valence-corrected chi connectivity index (χ2v) is 6.77. The average molecular weight is 268 g/mol. The molecule has 2 nitrogen and oxygen atoms in total. The van der Waals surface area contributed by atoms with Crippen LogP contribution < -0.4 is 10.5 Å². The van der Waals surface area contributed by atoms with Crippen molar-refractivity contribution in [2.75, 3.05) is 5.73 Å². The summed E-state index contributed by atoms with van der Waals surface area (Å²) in [5.41, 5.74) is 6.91. The molecule has 1 aromatic rings. The molecule has 0 spiro atoms. The van der Waals surface area contributed by atoms with E-state index in [0.29, 0.717) is 22.0 Å². The molecule has 0 saturated heterocycles.